The number of ether oxygens (including phenoxy) is 2. The van der Waals surface area contributed by atoms with Crippen LogP contribution in [0.5, 0.6) is 5.75 Å². The summed E-state index contributed by atoms with van der Waals surface area (Å²) in [5.74, 6) is 0.0551. The lowest BCUT2D eigenvalue weighted by Crippen LogP contribution is -2.03. The standard InChI is InChI=1S/C17H19NO5/c1-11(8-13(3)18(20)21)12(2)9-14-6-7-15(17(19)23-5)10-16(14)22-4/h6-8,10H,1-2,9H2,3-5H3/b13-8+. The Bertz CT molecular complexity index is 688. The van der Waals surface area contributed by atoms with Crippen LogP contribution >= 0.6 is 0 Å². The molecule has 0 fully saturated rings. The number of hydrogen-bond donors (Lipinski definition) is 0. The highest BCUT2D eigenvalue weighted by molar-refractivity contribution is 5.89. The van der Waals surface area contributed by atoms with Crippen LogP contribution in [-0.4, -0.2) is 25.1 Å². The molecule has 0 aliphatic carbocycles. The molecule has 0 atom stereocenters. The molecule has 0 aromatic heterocycles. The molecule has 0 heterocycles. The number of nitrogens with zero attached hydrogens (tertiary/aromatic N) is 1. The molecule has 0 bridgehead atoms. The van der Waals surface area contributed by atoms with Gasteiger partial charge < -0.3 is 9.47 Å². The fraction of sp³-hybridized carbons (Fsp3) is 0.235. The first-order valence-corrected chi connectivity index (χ1v) is 6.75. The Morgan fingerprint density at radius 2 is 2.00 bits per heavy atom. The number of hydrogen-bond acceptors (Lipinski definition) is 5. The number of benzene rings is 1. The van der Waals surface area contributed by atoms with Gasteiger partial charge in [0.1, 0.15) is 5.75 Å². The molecule has 0 saturated heterocycles. The summed E-state index contributed by atoms with van der Waals surface area (Å²) >= 11 is 0. The van der Waals surface area contributed by atoms with Gasteiger partial charge in [-0.2, -0.15) is 0 Å². The molecule has 0 unspecified atom stereocenters. The lowest BCUT2D eigenvalue weighted by Gasteiger charge is -2.12. The van der Waals surface area contributed by atoms with Gasteiger partial charge in [0.05, 0.1) is 24.7 Å². The highest BCUT2D eigenvalue weighted by Gasteiger charge is 2.12. The summed E-state index contributed by atoms with van der Waals surface area (Å²) in [4.78, 5) is 21.7. The van der Waals surface area contributed by atoms with E-state index in [0.717, 1.165) is 5.56 Å². The highest BCUT2D eigenvalue weighted by atomic mass is 16.6. The average molecular weight is 317 g/mol. The van der Waals surface area contributed by atoms with Crippen molar-refractivity contribution < 1.29 is 19.2 Å². The van der Waals surface area contributed by atoms with Crippen LogP contribution in [0.1, 0.15) is 22.8 Å². The monoisotopic (exact) mass is 317 g/mol. The van der Waals surface area contributed by atoms with Gasteiger partial charge in [0, 0.05) is 19.4 Å². The quantitative estimate of drug-likeness (QED) is 0.333. The first-order chi connectivity index (χ1) is 10.8. The third-order valence-electron chi connectivity index (χ3n) is 3.24. The van der Waals surface area contributed by atoms with E-state index in [0.29, 0.717) is 28.9 Å². The summed E-state index contributed by atoms with van der Waals surface area (Å²) in [5.41, 5.74) is 2.25. The fourth-order valence-electron chi connectivity index (χ4n) is 1.89. The number of esters is 1. The Morgan fingerprint density at radius 3 is 2.52 bits per heavy atom. The van der Waals surface area contributed by atoms with E-state index in [4.69, 9.17) is 4.74 Å². The van der Waals surface area contributed by atoms with Crippen LogP contribution in [0, 0.1) is 10.1 Å². The second-order valence-electron chi connectivity index (χ2n) is 4.87. The van der Waals surface area contributed by atoms with Gasteiger partial charge in [-0.1, -0.05) is 19.2 Å². The third-order valence-corrected chi connectivity index (χ3v) is 3.24. The minimum Gasteiger partial charge on any atom is -0.496 e. The molecule has 1 aromatic rings. The van der Waals surface area contributed by atoms with E-state index in [-0.39, 0.29) is 5.70 Å². The SMILES string of the molecule is C=C(/C=C(\C)[N+](=O)[O-])C(=C)Cc1ccc(C(=O)OC)cc1OC. The van der Waals surface area contributed by atoms with Crippen LogP contribution in [0.25, 0.3) is 0 Å². The number of methoxy groups -OCH3 is 2. The Morgan fingerprint density at radius 1 is 1.35 bits per heavy atom. The molecule has 0 radical (unpaired) electrons. The molecule has 6 nitrogen and oxygen atoms in total. The molecular formula is C17H19NO5. The van der Waals surface area contributed by atoms with Gasteiger partial charge in [-0.25, -0.2) is 4.79 Å². The summed E-state index contributed by atoms with van der Waals surface area (Å²) in [7, 11) is 2.80. The molecule has 122 valence electrons. The maximum atomic E-state index is 11.5. The Labute approximate surface area is 134 Å². The van der Waals surface area contributed by atoms with Gasteiger partial charge in [0.2, 0.25) is 5.70 Å². The van der Waals surface area contributed by atoms with Crippen LogP contribution in [0.3, 0.4) is 0 Å². The Hall–Kier alpha value is -2.89. The van der Waals surface area contributed by atoms with Crippen molar-refractivity contribution >= 4 is 5.97 Å². The maximum absolute atomic E-state index is 11.5. The number of rotatable bonds is 7. The molecule has 6 heteroatoms. The fourth-order valence-corrected chi connectivity index (χ4v) is 1.89. The summed E-state index contributed by atoms with van der Waals surface area (Å²) in [5, 5.41) is 10.6. The van der Waals surface area contributed by atoms with Gasteiger partial charge in [-0.3, -0.25) is 10.1 Å². The molecule has 0 N–H and O–H groups in total. The summed E-state index contributed by atoms with van der Waals surface area (Å²) < 4.78 is 9.94. The van der Waals surface area contributed by atoms with Gasteiger partial charge in [0.25, 0.3) is 0 Å². The van der Waals surface area contributed by atoms with Crippen molar-refractivity contribution in [3.05, 3.63) is 75.5 Å². The van der Waals surface area contributed by atoms with Crippen molar-refractivity contribution in [2.45, 2.75) is 13.3 Å². The van der Waals surface area contributed by atoms with Crippen molar-refractivity contribution in [1.82, 2.24) is 0 Å². The van der Waals surface area contributed by atoms with Gasteiger partial charge >= 0.3 is 5.97 Å². The minimum absolute atomic E-state index is 0.0100. The first-order valence-electron chi connectivity index (χ1n) is 6.75. The zero-order chi connectivity index (χ0) is 17.6. The van der Waals surface area contributed by atoms with Crippen molar-refractivity contribution in [3.63, 3.8) is 0 Å². The predicted octanol–water partition coefficient (Wildman–Crippen LogP) is 3.32. The van der Waals surface area contributed by atoms with E-state index in [1.165, 1.54) is 27.2 Å². The molecule has 0 saturated carbocycles. The van der Waals surface area contributed by atoms with E-state index in [2.05, 4.69) is 17.9 Å². The average Bonchev–Trinajstić information content (AvgIpc) is 2.53. The predicted molar refractivity (Wildman–Crippen MR) is 87.1 cm³/mol. The number of carbonyl (C=O) groups excluding carboxylic acids is 1. The molecular weight excluding hydrogens is 298 g/mol. The second kappa shape index (κ2) is 7.93. The molecule has 0 spiro atoms. The van der Waals surface area contributed by atoms with Crippen LogP contribution in [0.2, 0.25) is 0 Å². The zero-order valence-electron chi connectivity index (χ0n) is 13.4. The van der Waals surface area contributed by atoms with E-state index >= 15 is 0 Å². The Balaban J connectivity index is 2.98. The van der Waals surface area contributed by atoms with Crippen LogP contribution in [0.4, 0.5) is 0 Å². The largest absolute Gasteiger partial charge is 0.496 e. The number of nitro groups is 1. The van der Waals surface area contributed by atoms with Crippen molar-refractivity contribution in [2.75, 3.05) is 14.2 Å². The smallest absolute Gasteiger partial charge is 0.337 e. The topological polar surface area (TPSA) is 78.7 Å². The van der Waals surface area contributed by atoms with Gasteiger partial charge in [-0.15, -0.1) is 0 Å². The van der Waals surface area contributed by atoms with Crippen LogP contribution in [-0.2, 0) is 11.2 Å². The normalized spacial score (nSPS) is 10.8. The maximum Gasteiger partial charge on any atom is 0.337 e. The summed E-state index contributed by atoms with van der Waals surface area (Å²) in [6.45, 7) is 9.08. The number of carbonyl (C=O) groups is 1. The van der Waals surface area contributed by atoms with E-state index in [1.807, 2.05) is 0 Å². The lowest BCUT2D eigenvalue weighted by molar-refractivity contribution is -0.424. The molecule has 0 aliphatic rings. The van der Waals surface area contributed by atoms with Gasteiger partial charge in [-0.05, 0) is 28.8 Å². The molecule has 1 aromatic carbocycles. The lowest BCUT2D eigenvalue weighted by atomic mass is 9.98. The summed E-state index contributed by atoms with van der Waals surface area (Å²) in [6.07, 6.45) is 1.77. The van der Waals surface area contributed by atoms with Crippen LogP contribution < -0.4 is 4.74 Å². The molecule has 0 amide bonds. The minimum atomic E-state index is -0.482. The zero-order valence-corrected chi connectivity index (χ0v) is 13.4. The van der Waals surface area contributed by atoms with Crippen molar-refractivity contribution in [1.29, 1.82) is 0 Å². The molecule has 23 heavy (non-hydrogen) atoms. The highest BCUT2D eigenvalue weighted by Crippen LogP contribution is 2.25. The van der Waals surface area contributed by atoms with Crippen molar-refractivity contribution in [3.8, 4) is 5.75 Å². The van der Waals surface area contributed by atoms with E-state index < -0.39 is 10.9 Å². The first kappa shape index (κ1) is 18.2. The van der Waals surface area contributed by atoms with E-state index in [9.17, 15) is 14.9 Å². The summed E-state index contributed by atoms with van der Waals surface area (Å²) in [6, 6.07) is 4.93. The second-order valence-corrected chi connectivity index (χ2v) is 4.87. The van der Waals surface area contributed by atoms with E-state index in [1.54, 1.807) is 18.2 Å². The third kappa shape index (κ3) is 4.81. The molecule has 1 rings (SSSR count). The van der Waals surface area contributed by atoms with Crippen LogP contribution in [0.15, 0.2) is 54.3 Å². The molecule has 0 aliphatic heterocycles. The Kier molecular flexibility index (Phi) is 6.26. The number of allylic oxidation sites excluding steroid dienone is 4. The van der Waals surface area contributed by atoms with Gasteiger partial charge in [0.15, 0.2) is 0 Å². The van der Waals surface area contributed by atoms with Crippen molar-refractivity contribution in [2.24, 2.45) is 0 Å².